The SMILES string of the molecule is [CH2]CCC.[Cl-].[Mn]. The molecule has 2 heteroatoms. The number of unbranched alkanes of at least 4 members (excludes halogenated alkanes) is 1. The Bertz CT molecular complexity index is 9.51. The van der Waals surface area contributed by atoms with Gasteiger partial charge in [0.1, 0.15) is 0 Å². The van der Waals surface area contributed by atoms with Gasteiger partial charge in [-0.25, -0.2) is 0 Å². The van der Waals surface area contributed by atoms with E-state index < -0.39 is 0 Å². The second kappa shape index (κ2) is 17.0. The topological polar surface area (TPSA) is 0 Å². The zero-order valence-electron chi connectivity index (χ0n) is 3.88. The van der Waals surface area contributed by atoms with E-state index in [0.29, 0.717) is 0 Å². The second-order valence-corrected chi connectivity index (χ2v) is 0.854. The molecular formula is C4H9ClMn-. The predicted molar refractivity (Wildman–Crippen MR) is 20.3 cm³/mol. The van der Waals surface area contributed by atoms with Gasteiger partial charge in [-0.2, -0.15) is 0 Å². The van der Waals surface area contributed by atoms with Crippen LogP contribution in [0.2, 0.25) is 0 Å². The molecule has 6 heavy (non-hydrogen) atoms. The van der Waals surface area contributed by atoms with Gasteiger partial charge in [-0.3, -0.25) is 0 Å². The Hall–Kier alpha value is 0.809. The molecule has 0 aromatic carbocycles. The molecule has 0 saturated carbocycles. The summed E-state index contributed by atoms with van der Waals surface area (Å²) in [5.41, 5.74) is 0. The molecule has 0 spiro atoms. The molecule has 0 heterocycles. The Labute approximate surface area is 56.6 Å². The fourth-order valence-corrected chi connectivity index (χ4v) is 0. The molecule has 0 fully saturated rings. The van der Waals surface area contributed by atoms with Crippen LogP contribution in [0.15, 0.2) is 0 Å². The summed E-state index contributed by atoms with van der Waals surface area (Å²) in [5, 5.41) is 0. The third kappa shape index (κ3) is 21.3. The first kappa shape index (κ1) is 15.8. The first-order chi connectivity index (χ1) is 1.91. The summed E-state index contributed by atoms with van der Waals surface area (Å²) < 4.78 is 0. The van der Waals surface area contributed by atoms with Crippen LogP contribution >= 0.6 is 0 Å². The van der Waals surface area contributed by atoms with Crippen molar-refractivity contribution in [3.05, 3.63) is 6.92 Å². The molecule has 0 bridgehead atoms. The molecule has 0 aliphatic heterocycles. The molecule has 0 aliphatic carbocycles. The van der Waals surface area contributed by atoms with Crippen molar-refractivity contribution < 1.29 is 29.5 Å². The van der Waals surface area contributed by atoms with Crippen molar-refractivity contribution in [1.29, 1.82) is 0 Å². The number of hydrogen-bond acceptors (Lipinski definition) is 0. The van der Waals surface area contributed by atoms with Crippen molar-refractivity contribution in [3.8, 4) is 0 Å². The fourth-order valence-electron chi connectivity index (χ4n) is 0. The molecule has 0 aromatic heterocycles. The van der Waals surface area contributed by atoms with E-state index >= 15 is 0 Å². The molecule has 0 N–H and O–H groups in total. The van der Waals surface area contributed by atoms with Crippen molar-refractivity contribution in [2.45, 2.75) is 19.8 Å². The minimum Gasteiger partial charge on any atom is -1.00 e. The molecule has 0 atom stereocenters. The van der Waals surface area contributed by atoms with E-state index in [4.69, 9.17) is 0 Å². The van der Waals surface area contributed by atoms with Crippen LogP contribution in [0.3, 0.4) is 0 Å². The summed E-state index contributed by atoms with van der Waals surface area (Å²) in [6, 6.07) is 0. The first-order valence-electron chi connectivity index (χ1n) is 1.71. The quantitative estimate of drug-likeness (QED) is 0.401. The smallest absolute Gasteiger partial charge is 0 e. The van der Waals surface area contributed by atoms with Crippen LogP contribution < -0.4 is 12.4 Å². The summed E-state index contributed by atoms with van der Waals surface area (Å²) in [6.07, 6.45) is 2.28. The van der Waals surface area contributed by atoms with E-state index in [1.54, 1.807) is 0 Å². The fraction of sp³-hybridized carbons (Fsp3) is 0.750. The monoisotopic (exact) mass is 147 g/mol. The van der Waals surface area contributed by atoms with Crippen molar-refractivity contribution >= 4 is 0 Å². The Kier molecular flexibility index (Phi) is 44.9. The van der Waals surface area contributed by atoms with Gasteiger partial charge in [-0.15, -0.1) is 0 Å². The van der Waals surface area contributed by atoms with Crippen LogP contribution in [-0.2, 0) is 17.1 Å². The molecule has 0 saturated heterocycles. The minimum absolute atomic E-state index is 0. The maximum atomic E-state index is 3.60. The molecule has 0 aromatic rings. The molecule has 0 aliphatic rings. The Morgan fingerprint density at radius 1 is 1.50 bits per heavy atom. The average molecular weight is 148 g/mol. The van der Waals surface area contributed by atoms with Crippen molar-refractivity contribution in [3.63, 3.8) is 0 Å². The number of rotatable bonds is 1. The Morgan fingerprint density at radius 2 is 1.67 bits per heavy atom. The summed E-state index contributed by atoms with van der Waals surface area (Å²) in [5.74, 6) is 0. The van der Waals surface area contributed by atoms with E-state index in [1.165, 1.54) is 6.42 Å². The summed E-state index contributed by atoms with van der Waals surface area (Å²) in [4.78, 5) is 0. The molecule has 2 radical (unpaired) electrons. The third-order valence-electron chi connectivity index (χ3n) is 0.354. The minimum atomic E-state index is 0. The Morgan fingerprint density at radius 3 is 1.67 bits per heavy atom. The van der Waals surface area contributed by atoms with E-state index in [2.05, 4.69) is 13.8 Å². The van der Waals surface area contributed by atoms with Crippen molar-refractivity contribution in [2.24, 2.45) is 0 Å². The van der Waals surface area contributed by atoms with Crippen molar-refractivity contribution in [2.75, 3.05) is 0 Å². The van der Waals surface area contributed by atoms with Gasteiger partial charge in [0.25, 0.3) is 0 Å². The maximum absolute atomic E-state index is 3.60. The molecular weight excluding hydrogens is 138 g/mol. The molecule has 0 nitrogen and oxygen atoms in total. The van der Waals surface area contributed by atoms with Crippen LogP contribution in [0.1, 0.15) is 19.8 Å². The van der Waals surface area contributed by atoms with Crippen LogP contribution in [0, 0.1) is 6.92 Å². The average Bonchev–Trinajstić information content (AvgIpc) is 1.37. The molecule has 0 unspecified atom stereocenters. The van der Waals surface area contributed by atoms with Crippen LogP contribution in [0.25, 0.3) is 0 Å². The van der Waals surface area contributed by atoms with E-state index in [9.17, 15) is 0 Å². The maximum Gasteiger partial charge on any atom is 0 e. The van der Waals surface area contributed by atoms with Gasteiger partial charge in [-0.05, 0) is 0 Å². The summed E-state index contributed by atoms with van der Waals surface area (Å²) >= 11 is 0. The normalized spacial score (nSPS) is 5.00. The second-order valence-electron chi connectivity index (χ2n) is 0.854. The molecule has 0 rings (SSSR count). The van der Waals surface area contributed by atoms with Gasteiger partial charge in [0.2, 0.25) is 0 Å². The first-order valence-corrected chi connectivity index (χ1v) is 1.71. The largest absolute Gasteiger partial charge is 1.00 e. The van der Waals surface area contributed by atoms with Gasteiger partial charge < -0.3 is 12.4 Å². The van der Waals surface area contributed by atoms with E-state index in [-0.39, 0.29) is 29.5 Å². The number of hydrogen-bond donors (Lipinski definition) is 0. The third-order valence-corrected chi connectivity index (χ3v) is 0.354. The van der Waals surface area contributed by atoms with Gasteiger partial charge in [0.05, 0.1) is 0 Å². The molecule has 40 valence electrons. The van der Waals surface area contributed by atoms with E-state index in [1.807, 2.05) is 0 Å². The van der Waals surface area contributed by atoms with Gasteiger partial charge in [0, 0.05) is 17.1 Å². The van der Waals surface area contributed by atoms with Crippen LogP contribution in [0.5, 0.6) is 0 Å². The van der Waals surface area contributed by atoms with Gasteiger partial charge >= 0.3 is 0 Å². The zero-order chi connectivity index (χ0) is 3.41. The summed E-state index contributed by atoms with van der Waals surface area (Å²) in [7, 11) is 0. The van der Waals surface area contributed by atoms with Crippen LogP contribution in [0.4, 0.5) is 0 Å². The Balaban J connectivity index is -0.0000000450. The van der Waals surface area contributed by atoms with E-state index in [0.717, 1.165) is 6.42 Å². The molecule has 0 amide bonds. The van der Waals surface area contributed by atoms with Crippen molar-refractivity contribution in [1.82, 2.24) is 0 Å². The predicted octanol–water partition coefficient (Wildman–Crippen LogP) is -1.38. The summed E-state index contributed by atoms with van der Waals surface area (Å²) in [6.45, 7) is 5.72. The van der Waals surface area contributed by atoms with Crippen LogP contribution in [-0.4, -0.2) is 0 Å². The standard InChI is InChI=1S/C4H9.ClH.Mn/c1-3-4-2;;/h1,3-4H2,2H3;1H;/p-1. The zero-order valence-corrected chi connectivity index (χ0v) is 5.81. The van der Waals surface area contributed by atoms with Gasteiger partial charge in [0.15, 0.2) is 0 Å². The van der Waals surface area contributed by atoms with Gasteiger partial charge in [-0.1, -0.05) is 26.7 Å². The number of halogens is 1.